The lowest BCUT2D eigenvalue weighted by Crippen LogP contribution is -2.41. The molecule has 0 fully saturated rings. The van der Waals surface area contributed by atoms with Gasteiger partial charge in [-0.05, 0) is 53.8 Å². The zero-order valence-electron chi connectivity index (χ0n) is 20.5. The summed E-state index contributed by atoms with van der Waals surface area (Å²) < 4.78 is 5.21. The van der Waals surface area contributed by atoms with Gasteiger partial charge in [-0.25, -0.2) is 4.98 Å². The van der Waals surface area contributed by atoms with Crippen LogP contribution in [0, 0.1) is 5.41 Å². The van der Waals surface area contributed by atoms with Gasteiger partial charge in [0.1, 0.15) is 22.9 Å². The highest BCUT2D eigenvalue weighted by molar-refractivity contribution is 5.78. The van der Waals surface area contributed by atoms with Crippen LogP contribution in [0.2, 0.25) is 0 Å². The Hall–Kier alpha value is -4.20. The van der Waals surface area contributed by atoms with Gasteiger partial charge in [0.25, 0.3) is 10.9 Å². The Balaban J connectivity index is 1.46. The molecule has 0 aliphatic carbocycles. The fourth-order valence-corrected chi connectivity index (χ4v) is 3.36. The van der Waals surface area contributed by atoms with Crippen LogP contribution < -0.4 is 31.5 Å². The second-order valence-corrected chi connectivity index (χ2v) is 9.46. The molecule has 0 spiro atoms. The van der Waals surface area contributed by atoms with E-state index in [-0.39, 0.29) is 17.1 Å². The maximum Gasteiger partial charge on any atom is 0.253 e. The minimum Gasteiger partial charge on any atom is -0.497 e. The third kappa shape index (κ3) is 5.32. The molecule has 0 radical (unpaired) electrons. The standard InChI is InChI=1S/C27H29N5O3/c1-16(27(2,3)4)29-22-23(25(34)24(22)33)31-21-14-15-28-26(32-21)30-19-10-6-17(7-11-19)18-8-12-20(35-5)13-9-18/h6-16,29H,1-5H3,(H2,28,30,31,32). The first-order valence-electron chi connectivity index (χ1n) is 11.4. The molecule has 4 rings (SSSR count). The largest absolute Gasteiger partial charge is 0.497 e. The summed E-state index contributed by atoms with van der Waals surface area (Å²) in [4.78, 5) is 33.0. The van der Waals surface area contributed by atoms with Crippen LogP contribution in [0.25, 0.3) is 11.1 Å². The maximum atomic E-state index is 12.2. The van der Waals surface area contributed by atoms with E-state index in [1.165, 1.54) is 0 Å². The molecule has 0 amide bonds. The predicted octanol–water partition coefficient (Wildman–Crippen LogP) is 5.08. The van der Waals surface area contributed by atoms with Crippen LogP contribution in [0.3, 0.4) is 0 Å². The first-order valence-corrected chi connectivity index (χ1v) is 11.4. The fourth-order valence-electron chi connectivity index (χ4n) is 3.36. The quantitative estimate of drug-likeness (QED) is 0.306. The Morgan fingerprint density at radius 3 is 2.03 bits per heavy atom. The smallest absolute Gasteiger partial charge is 0.253 e. The summed E-state index contributed by atoms with van der Waals surface area (Å²) in [5.41, 5.74) is 2.32. The Kier molecular flexibility index (Phi) is 6.55. The monoisotopic (exact) mass is 471 g/mol. The van der Waals surface area contributed by atoms with E-state index in [0.29, 0.717) is 17.5 Å². The van der Waals surface area contributed by atoms with Gasteiger partial charge in [-0.1, -0.05) is 45.0 Å². The zero-order chi connectivity index (χ0) is 25.2. The van der Waals surface area contributed by atoms with Crippen molar-refractivity contribution in [3.8, 4) is 16.9 Å². The topological polar surface area (TPSA) is 105 Å². The van der Waals surface area contributed by atoms with Gasteiger partial charge in [-0.2, -0.15) is 4.98 Å². The lowest BCUT2D eigenvalue weighted by Gasteiger charge is -2.30. The first-order chi connectivity index (χ1) is 16.7. The molecule has 0 aliphatic rings. The number of nitrogens with one attached hydrogen (secondary N) is 3. The van der Waals surface area contributed by atoms with Gasteiger partial charge in [0.2, 0.25) is 5.95 Å². The molecule has 0 saturated carbocycles. The predicted molar refractivity (Wildman–Crippen MR) is 141 cm³/mol. The summed E-state index contributed by atoms with van der Waals surface area (Å²) in [5, 5.41) is 9.31. The summed E-state index contributed by atoms with van der Waals surface area (Å²) in [5.74, 6) is 1.59. The summed E-state index contributed by atoms with van der Waals surface area (Å²) in [7, 11) is 1.64. The summed E-state index contributed by atoms with van der Waals surface area (Å²) >= 11 is 0. The molecule has 0 aliphatic heterocycles. The number of rotatable bonds is 8. The first kappa shape index (κ1) is 23.9. The molecule has 8 nitrogen and oxygen atoms in total. The van der Waals surface area contributed by atoms with Crippen LogP contribution in [0.4, 0.5) is 28.8 Å². The third-order valence-electron chi connectivity index (χ3n) is 6.04. The molecule has 35 heavy (non-hydrogen) atoms. The molecule has 1 atom stereocenters. The van der Waals surface area contributed by atoms with Crippen molar-refractivity contribution in [1.82, 2.24) is 9.97 Å². The van der Waals surface area contributed by atoms with Gasteiger partial charge in [-0.3, -0.25) is 9.59 Å². The van der Waals surface area contributed by atoms with E-state index < -0.39 is 10.9 Å². The van der Waals surface area contributed by atoms with E-state index in [1.807, 2.05) is 55.5 Å². The minimum absolute atomic E-state index is 0.00476. The van der Waals surface area contributed by atoms with E-state index in [0.717, 1.165) is 22.6 Å². The number of hydrogen-bond acceptors (Lipinski definition) is 8. The van der Waals surface area contributed by atoms with Crippen molar-refractivity contribution >= 4 is 28.8 Å². The molecule has 0 saturated heterocycles. The molecule has 8 heteroatoms. The van der Waals surface area contributed by atoms with Crippen molar-refractivity contribution in [2.24, 2.45) is 5.41 Å². The summed E-state index contributed by atoms with van der Waals surface area (Å²) in [6, 6.07) is 17.4. The molecule has 3 aromatic carbocycles. The number of aromatic nitrogens is 2. The molecular formula is C27H29N5O3. The molecule has 1 heterocycles. The van der Waals surface area contributed by atoms with Gasteiger partial charge in [0.05, 0.1) is 7.11 Å². The number of ether oxygens (including phenoxy) is 1. The molecule has 1 unspecified atom stereocenters. The summed E-state index contributed by atoms with van der Waals surface area (Å²) in [6.45, 7) is 8.17. The number of benzene rings is 2. The van der Waals surface area contributed by atoms with Crippen LogP contribution in [0.5, 0.6) is 5.75 Å². The van der Waals surface area contributed by atoms with Gasteiger partial charge >= 0.3 is 0 Å². The molecule has 180 valence electrons. The van der Waals surface area contributed by atoms with Gasteiger partial charge in [-0.15, -0.1) is 0 Å². The zero-order valence-corrected chi connectivity index (χ0v) is 20.5. The van der Waals surface area contributed by atoms with Gasteiger partial charge in [0.15, 0.2) is 0 Å². The highest BCUT2D eigenvalue weighted by atomic mass is 16.5. The van der Waals surface area contributed by atoms with Crippen LogP contribution in [-0.2, 0) is 0 Å². The number of methoxy groups -OCH3 is 1. The lowest BCUT2D eigenvalue weighted by molar-refractivity contribution is 0.359. The van der Waals surface area contributed by atoms with Gasteiger partial charge < -0.3 is 20.7 Å². The number of hydrogen-bond donors (Lipinski definition) is 3. The van der Waals surface area contributed by atoms with Crippen LogP contribution in [0.1, 0.15) is 27.7 Å². The highest BCUT2D eigenvalue weighted by Crippen LogP contribution is 2.27. The van der Waals surface area contributed by atoms with Gasteiger partial charge in [0, 0.05) is 17.9 Å². The van der Waals surface area contributed by atoms with E-state index in [2.05, 4.69) is 46.7 Å². The summed E-state index contributed by atoms with van der Waals surface area (Å²) in [6.07, 6.45) is 1.58. The van der Waals surface area contributed by atoms with Crippen molar-refractivity contribution in [2.45, 2.75) is 33.7 Å². The molecule has 4 aromatic rings. The van der Waals surface area contributed by atoms with Crippen molar-refractivity contribution in [2.75, 3.05) is 23.1 Å². The number of anilines is 5. The Morgan fingerprint density at radius 1 is 0.829 bits per heavy atom. The highest BCUT2D eigenvalue weighted by Gasteiger charge is 2.27. The molecular weight excluding hydrogens is 442 g/mol. The normalized spacial score (nSPS) is 12.3. The maximum absolute atomic E-state index is 12.2. The average Bonchev–Trinajstić information content (AvgIpc) is 2.86. The minimum atomic E-state index is -0.559. The Labute approximate surface area is 204 Å². The van der Waals surface area contributed by atoms with Crippen LogP contribution >= 0.6 is 0 Å². The van der Waals surface area contributed by atoms with Crippen molar-refractivity contribution in [3.63, 3.8) is 0 Å². The third-order valence-corrected chi connectivity index (χ3v) is 6.04. The lowest BCUT2D eigenvalue weighted by atomic mass is 9.87. The van der Waals surface area contributed by atoms with E-state index in [1.54, 1.807) is 19.4 Å². The second kappa shape index (κ2) is 9.58. The van der Waals surface area contributed by atoms with Crippen molar-refractivity contribution < 1.29 is 4.74 Å². The van der Waals surface area contributed by atoms with E-state index >= 15 is 0 Å². The fraction of sp³-hybridized carbons (Fsp3) is 0.259. The van der Waals surface area contributed by atoms with E-state index in [9.17, 15) is 9.59 Å². The van der Waals surface area contributed by atoms with E-state index in [4.69, 9.17) is 4.74 Å². The SMILES string of the molecule is COc1ccc(-c2ccc(Nc3nccc(Nc4c(NC(C)C(C)(C)C)c(=O)c4=O)n3)cc2)cc1. The molecule has 1 aromatic heterocycles. The van der Waals surface area contributed by atoms with Crippen molar-refractivity contribution in [3.05, 3.63) is 81.2 Å². The van der Waals surface area contributed by atoms with Crippen LogP contribution in [-0.4, -0.2) is 23.1 Å². The second-order valence-electron chi connectivity index (χ2n) is 9.46. The Morgan fingerprint density at radius 2 is 1.43 bits per heavy atom. The Bertz CT molecular complexity index is 1380. The molecule has 0 bridgehead atoms. The van der Waals surface area contributed by atoms with Crippen LogP contribution in [0.15, 0.2) is 70.4 Å². The molecule has 3 N–H and O–H groups in total. The van der Waals surface area contributed by atoms with Crippen molar-refractivity contribution in [1.29, 1.82) is 0 Å². The average molecular weight is 472 g/mol. The number of nitrogens with zero attached hydrogens (tertiary/aromatic N) is 2.